The van der Waals surface area contributed by atoms with Gasteiger partial charge in [-0.3, -0.25) is 0 Å². The minimum Gasteiger partial charge on any atom is -0.396 e. The van der Waals surface area contributed by atoms with Crippen LogP contribution in [-0.4, -0.2) is 11.5 Å². The van der Waals surface area contributed by atoms with Gasteiger partial charge in [-0.2, -0.15) is 0 Å². The Balaban J connectivity index is 1.99. The molecule has 0 unspecified atom stereocenters. The van der Waals surface area contributed by atoms with Crippen molar-refractivity contribution >= 4 is 23.1 Å². The highest BCUT2D eigenvalue weighted by molar-refractivity contribution is 6.30. The standard InChI is InChI=1S/C11H16ClN3/c1-2-11(3-4-11)7-15-10-9(13)5-8(12)6-14-10/h5-6H,2-4,7,13H2,1H3,(H,14,15). The van der Waals surface area contributed by atoms with Crippen LogP contribution in [0.25, 0.3) is 0 Å². The van der Waals surface area contributed by atoms with Crippen molar-refractivity contribution in [3.8, 4) is 0 Å². The number of aromatic nitrogens is 1. The van der Waals surface area contributed by atoms with Crippen molar-refractivity contribution in [1.82, 2.24) is 4.98 Å². The number of pyridine rings is 1. The number of nitrogens with one attached hydrogen (secondary N) is 1. The van der Waals surface area contributed by atoms with Gasteiger partial charge >= 0.3 is 0 Å². The molecular weight excluding hydrogens is 210 g/mol. The predicted molar refractivity (Wildman–Crippen MR) is 64.1 cm³/mol. The van der Waals surface area contributed by atoms with Crippen molar-refractivity contribution in [2.75, 3.05) is 17.6 Å². The van der Waals surface area contributed by atoms with E-state index in [9.17, 15) is 0 Å². The summed E-state index contributed by atoms with van der Waals surface area (Å²) in [7, 11) is 0. The second kappa shape index (κ2) is 3.89. The fraction of sp³-hybridized carbons (Fsp3) is 0.545. The molecule has 0 aliphatic heterocycles. The Morgan fingerprint density at radius 1 is 1.60 bits per heavy atom. The van der Waals surface area contributed by atoms with E-state index in [1.165, 1.54) is 19.3 Å². The lowest BCUT2D eigenvalue weighted by Crippen LogP contribution is -2.16. The van der Waals surface area contributed by atoms with E-state index in [4.69, 9.17) is 17.3 Å². The topological polar surface area (TPSA) is 50.9 Å². The Bertz CT molecular complexity index is 361. The number of hydrogen-bond donors (Lipinski definition) is 2. The third-order valence-corrected chi connectivity index (χ3v) is 3.43. The molecule has 0 aromatic carbocycles. The molecule has 1 aliphatic carbocycles. The monoisotopic (exact) mass is 225 g/mol. The van der Waals surface area contributed by atoms with Gasteiger partial charge in [-0.05, 0) is 30.7 Å². The van der Waals surface area contributed by atoms with E-state index in [1.54, 1.807) is 12.3 Å². The molecule has 1 aromatic heterocycles. The van der Waals surface area contributed by atoms with Gasteiger partial charge in [0.05, 0.1) is 10.7 Å². The molecule has 0 bridgehead atoms. The third kappa shape index (κ3) is 2.34. The van der Waals surface area contributed by atoms with Gasteiger partial charge in [-0.1, -0.05) is 18.5 Å². The lowest BCUT2D eigenvalue weighted by molar-refractivity contribution is 0.521. The highest BCUT2D eigenvalue weighted by atomic mass is 35.5. The van der Waals surface area contributed by atoms with Crippen LogP contribution in [0, 0.1) is 5.41 Å². The molecule has 0 atom stereocenters. The van der Waals surface area contributed by atoms with Crippen LogP contribution in [-0.2, 0) is 0 Å². The zero-order valence-electron chi connectivity index (χ0n) is 8.89. The first-order valence-electron chi connectivity index (χ1n) is 5.30. The molecule has 15 heavy (non-hydrogen) atoms. The molecule has 3 nitrogen and oxygen atoms in total. The van der Waals surface area contributed by atoms with Gasteiger partial charge in [0.2, 0.25) is 0 Å². The van der Waals surface area contributed by atoms with Gasteiger partial charge in [-0.25, -0.2) is 4.98 Å². The van der Waals surface area contributed by atoms with E-state index in [-0.39, 0.29) is 0 Å². The van der Waals surface area contributed by atoms with E-state index in [0.717, 1.165) is 12.4 Å². The zero-order chi connectivity index (χ0) is 10.9. The summed E-state index contributed by atoms with van der Waals surface area (Å²) in [4.78, 5) is 4.17. The van der Waals surface area contributed by atoms with Gasteiger partial charge in [0.1, 0.15) is 5.82 Å². The largest absolute Gasteiger partial charge is 0.396 e. The maximum Gasteiger partial charge on any atom is 0.149 e. The van der Waals surface area contributed by atoms with Gasteiger partial charge in [0.25, 0.3) is 0 Å². The van der Waals surface area contributed by atoms with Gasteiger partial charge < -0.3 is 11.1 Å². The normalized spacial score (nSPS) is 17.5. The second-order valence-electron chi connectivity index (χ2n) is 4.30. The lowest BCUT2D eigenvalue weighted by atomic mass is 10.0. The average Bonchev–Trinajstić information content (AvgIpc) is 2.97. The molecule has 1 saturated carbocycles. The predicted octanol–water partition coefficient (Wildman–Crippen LogP) is 2.92. The molecule has 3 N–H and O–H groups in total. The molecule has 0 amide bonds. The zero-order valence-corrected chi connectivity index (χ0v) is 9.64. The average molecular weight is 226 g/mol. The van der Waals surface area contributed by atoms with E-state index < -0.39 is 0 Å². The smallest absolute Gasteiger partial charge is 0.149 e. The summed E-state index contributed by atoms with van der Waals surface area (Å²) in [6.45, 7) is 3.19. The number of hydrogen-bond acceptors (Lipinski definition) is 3. The molecule has 0 radical (unpaired) electrons. The van der Waals surface area contributed by atoms with Crippen molar-refractivity contribution in [1.29, 1.82) is 0 Å². The van der Waals surface area contributed by atoms with Crippen LogP contribution in [0.4, 0.5) is 11.5 Å². The van der Waals surface area contributed by atoms with Crippen molar-refractivity contribution in [2.24, 2.45) is 5.41 Å². The Labute approximate surface area is 95.0 Å². The maximum absolute atomic E-state index is 5.80. The Morgan fingerprint density at radius 2 is 2.33 bits per heavy atom. The van der Waals surface area contributed by atoms with Crippen LogP contribution in [0.5, 0.6) is 0 Å². The SMILES string of the molecule is CCC1(CNc2ncc(Cl)cc2N)CC1. The summed E-state index contributed by atoms with van der Waals surface area (Å²) < 4.78 is 0. The van der Waals surface area contributed by atoms with Crippen LogP contribution in [0.3, 0.4) is 0 Å². The Morgan fingerprint density at radius 3 is 2.87 bits per heavy atom. The lowest BCUT2D eigenvalue weighted by Gasteiger charge is -2.14. The number of nitrogens with zero attached hydrogens (tertiary/aromatic N) is 1. The summed E-state index contributed by atoms with van der Waals surface area (Å²) in [6, 6.07) is 1.72. The van der Waals surface area contributed by atoms with Crippen LogP contribution >= 0.6 is 11.6 Å². The molecule has 1 fully saturated rings. The number of nitrogen functional groups attached to an aromatic ring is 1. The molecule has 0 saturated heterocycles. The molecule has 1 aromatic rings. The fourth-order valence-corrected chi connectivity index (χ4v) is 1.87. The summed E-state index contributed by atoms with van der Waals surface area (Å²) in [5, 5.41) is 3.88. The molecule has 4 heteroatoms. The number of anilines is 2. The third-order valence-electron chi connectivity index (χ3n) is 3.22. The highest BCUT2D eigenvalue weighted by Crippen LogP contribution is 2.48. The first-order valence-corrected chi connectivity index (χ1v) is 5.68. The van der Waals surface area contributed by atoms with Crippen molar-refractivity contribution < 1.29 is 0 Å². The maximum atomic E-state index is 5.80. The Hall–Kier alpha value is -0.960. The van der Waals surface area contributed by atoms with Crippen LogP contribution < -0.4 is 11.1 Å². The molecule has 1 aliphatic rings. The van der Waals surface area contributed by atoms with Crippen LogP contribution in [0.2, 0.25) is 5.02 Å². The van der Waals surface area contributed by atoms with Gasteiger partial charge in [0, 0.05) is 12.7 Å². The van der Waals surface area contributed by atoms with Crippen LogP contribution in [0.15, 0.2) is 12.3 Å². The minimum atomic E-state index is 0.494. The first-order chi connectivity index (χ1) is 7.15. The quantitative estimate of drug-likeness (QED) is 0.829. The van der Waals surface area contributed by atoms with Crippen molar-refractivity contribution in [3.63, 3.8) is 0 Å². The molecule has 0 spiro atoms. The summed E-state index contributed by atoms with van der Waals surface area (Å²) in [5.41, 5.74) is 6.92. The molecular formula is C11H16ClN3. The first kappa shape index (κ1) is 10.6. The molecule has 1 heterocycles. The van der Waals surface area contributed by atoms with E-state index >= 15 is 0 Å². The fourth-order valence-electron chi connectivity index (χ4n) is 1.71. The summed E-state index contributed by atoms with van der Waals surface area (Å²) >= 11 is 5.78. The minimum absolute atomic E-state index is 0.494. The van der Waals surface area contributed by atoms with Crippen molar-refractivity contribution in [3.05, 3.63) is 17.3 Å². The highest BCUT2D eigenvalue weighted by Gasteiger charge is 2.40. The summed E-state index contributed by atoms with van der Waals surface area (Å²) in [5.74, 6) is 0.749. The number of rotatable bonds is 4. The summed E-state index contributed by atoms with van der Waals surface area (Å²) in [6.07, 6.45) is 5.45. The molecule has 82 valence electrons. The van der Waals surface area contributed by atoms with E-state index in [2.05, 4.69) is 17.2 Å². The van der Waals surface area contributed by atoms with Crippen LogP contribution in [0.1, 0.15) is 26.2 Å². The van der Waals surface area contributed by atoms with E-state index in [0.29, 0.717) is 16.1 Å². The van der Waals surface area contributed by atoms with Crippen molar-refractivity contribution in [2.45, 2.75) is 26.2 Å². The molecule has 2 rings (SSSR count). The van der Waals surface area contributed by atoms with E-state index in [1.807, 2.05) is 0 Å². The number of halogens is 1. The van der Waals surface area contributed by atoms with Gasteiger partial charge in [-0.15, -0.1) is 0 Å². The second-order valence-corrected chi connectivity index (χ2v) is 4.73. The number of nitrogens with two attached hydrogens (primary N) is 1. The Kier molecular flexibility index (Phi) is 2.74. The van der Waals surface area contributed by atoms with Gasteiger partial charge in [0.15, 0.2) is 0 Å².